The Labute approximate surface area is 278 Å². The second kappa shape index (κ2) is 12.5. The summed E-state index contributed by atoms with van der Waals surface area (Å²) >= 11 is 0. The molecule has 4 nitrogen and oxygen atoms in total. The number of para-hydroxylation sites is 2. The predicted molar refractivity (Wildman–Crippen MR) is 181 cm³/mol. The molecule has 0 aliphatic heterocycles. The van der Waals surface area contributed by atoms with Crippen molar-refractivity contribution < 1.29 is 26.2 Å². The van der Waals surface area contributed by atoms with E-state index in [1.165, 1.54) is 11.1 Å². The zero-order valence-electron chi connectivity index (χ0n) is 25.7. The first-order valence-corrected chi connectivity index (χ1v) is 15.2. The Balaban J connectivity index is 0.00000357. The van der Waals surface area contributed by atoms with E-state index in [9.17, 15) is 5.11 Å². The summed E-state index contributed by atoms with van der Waals surface area (Å²) in [5.41, 5.74) is 7.74. The van der Waals surface area contributed by atoms with Crippen molar-refractivity contribution in [2.24, 2.45) is 0 Å². The maximum Gasteiger partial charge on any atom is 0.140 e. The Morgan fingerprint density at radius 2 is 1.33 bits per heavy atom. The van der Waals surface area contributed by atoms with Gasteiger partial charge in [-0.05, 0) is 45.9 Å². The number of rotatable bonds is 6. The Bertz CT molecular complexity index is 2140. The van der Waals surface area contributed by atoms with Gasteiger partial charge in [-0.25, -0.2) is 0 Å². The summed E-state index contributed by atoms with van der Waals surface area (Å²) in [7, 11) is 0. The summed E-state index contributed by atoms with van der Waals surface area (Å²) in [6.45, 7) is 8.89. The van der Waals surface area contributed by atoms with Crippen LogP contribution < -0.4 is 0 Å². The van der Waals surface area contributed by atoms with E-state index < -0.39 is 0 Å². The molecule has 7 aromatic rings. The quantitative estimate of drug-likeness (QED) is 0.172. The van der Waals surface area contributed by atoms with Gasteiger partial charge >= 0.3 is 0 Å². The monoisotopic (exact) mass is 767 g/mol. The van der Waals surface area contributed by atoms with Gasteiger partial charge in [0.05, 0.1) is 11.3 Å². The molecule has 5 heteroatoms. The number of hydrogen-bond acceptors (Lipinski definition) is 3. The van der Waals surface area contributed by atoms with Gasteiger partial charge < -0.3 is 9.67 Å². The van der Waals surface area contributed by atoms with Crippen LogP contribution in [0.4, 0.5) is 0 Å². The molecule has 1 N–H and O–H groups in total. The van der Waals surface area contributed by atoms with E-state index in [0.29, 0.717) is 23.2 Å². The first kappa shape index (κ1) is 30.5. The van der Waals surface area contributed by atoms with Crippen molar-refractivity contribution in [3.8, 4) is 45.3 Å². The molecule has 7 rings (SSSR count). The van der Waals surface area contributed by atoms with Crippen molar-refractivity contribution in [2.75, 3.05) is 0 Å². The molecule has 226 valence electrons. The molecule has 0 aliphatic rings. The summed E-state index contributed by atoms with van der Waals surface area (Å²) in [5.74, 6) is 1.48. The maximum absolute atomic E-state index is 11.0. The number of aromatic hydroxyl groups is 1. The second-order valence-corrected chi connectivity index (χ2v) is 12.0. The minimum Gasteiger partial charge on any atom is -0.507 e. The molecule has 0 unspecified atom stereocenters. The third kappa shape index (κ3) is 5.60. The van der Waals surface area contributed by atoms with Crippen LogP contribution in [0.5, 0.6) is 5.75 Å². The summed E-state index contributed by atoms with van der Waals surface area (Å²) in [6, 6.07) is 38.6. The molecule has 0 bridgehead atoms. The average Bonchev–Trinajstić information content (AvgIpc) is 3.48. The second-order valence-electron chi connectivity index (χ2n) is 12.0. The molecule has 0 aliphatic carbocycles. The molecule has 45 heavy (non-hydrogen) atoms. The van der Waals surface area contributed by atoms with Crippen LogP contribution in [-0.2, 0) is 21.1 Å². The average molecular weight is 768 g/mol. The topological polar surface area (TPSA) is 50.9 Å². The van der Waals surface area contributed by atoms with Gasteiger partial charge in [0.1, 0.15) is 11.6 Å². The fraction of sp³-hybridized carbons (Fsp3) is 0.150. The van der Waals surface area contributed by atoms with Crippen molar-refractivity contribution in [1.82, 2.24) is 14.5 Å². The zero-order chi connectivity index (χ0) is 30.4. The van der Waals surface area contributed by atoms with Crippen molar-refractivity contribution in [1.29, 1.82) is 0 Å². The van der Waals surface area contributed by atoms with Gasteiger partial charge in [-0.1, -0.05) is 135 Å². The fourth-order valence-electron chi connectivity index (χ4n) is 6.13. The van der Waals surface area contributed by atoms with Gasteiger partial charge in [0, 0.05) is 44.8 Å². The number of pyridine rings is 1. The summed E-state index contributed by atoms with van der Waals surface area (Å²) in [5, 5.41) is 15.4. The van der Waals surface area contributed by atoms with Crippen LogP contribution in [0.1, 0.15) is 50.7 Å². The first-order valence-electron chi connectivity index (χ1n) is 15.2. The third-order valence-corrected chi connectivity index (χ3v) is 8.39. The third-order valence-electron chi connectivity index (χ3n) is 8.39. The van der Waals surface area contributed by atoms with Crippen molar-refractivity contribution in [3.05, 3.63) is 133 Å². The number of imidazole rings is 1. The van der Waals surface area contributed by atoms with Crippen molar-refractivity contribution in [2.45, 2.75) is 39.5 Å². The molecule has 5 aromatic carbocycles. The molecular formula is C40H34N3OPt-. The molecule has 0 spiro atoms. The van der Waals surface area contributed by atoms with E-state index in [1.807, 2.05) is 30.5 Å². The predicted octanol–water partition coefficient (Wildman–Crippen LogP) is 10.3. The molecular weight excluding hydrogens is 734 g/mol. The molecule has 0 atom stereocenters. The Hall–Kier alpha value is -4.53. The van der Waals surface area contributed by atoms with Gasteiger partial charge in [-0.2, -0.15) is 0 Å². The van der Waals surface area contributed by atoms with Crippen LogP contribution in [0, 0.1) is 6.07 Å². The van der Waals surface area contributed by atoms with E-state index in [2.05, 4.69) is 117 Å². The summed E-state index contributed by atoms with van der Waals surface area (Å²) in [4.78, 5) is 10.1. The Morgan fingerprint density at radius 3 is 2.04 bits per heavy atom. The van der Waals surface area contributed by atoms with Crippen LogP contribution in [0.25, 0.3) is 61.1 Å². The minimum absolute atomic E-state index is 0. The largest absolute Gasteiger partial charge is 0.507 e. The molecule has 0 amide bonds. The van der Waals surface area contributed by atoms with E-state index in [0.717, 1.165) is 49.7 Å². The number of hydrogen-bond donors (Lipinski definition) is 1. The van der Waals surface area contributed by atoms with Crippen LogP contribution >= 0.6 is 0 Å². The Kier molecular flexibility index (Phi) is 8.44. The number of fused-ring (bicyclic) bond motifs is 2. The molecule has 0 saturated carbocycles. The molecule has 2 heterocycles. The minimum atomic E-state index is 0. The van der Waals surface area contributed by atoms with E-state index in [-0.39, 0.29) is 26.8 Å². The standard InChI is InChI=1S/C40H34N3O.Pt/c1-25(2)31-17-11-18-32(26(3)4)39(31)43-24-37(42-40(43)34-16-9-10-19-38(34)44)30-20-28-13-7-8-15-33(28)35(21-30)36-22-27-12-5-6-14-29(27)23-41-36;/h5-20,22-26,44H,1-4H3;/q-1;. The van der Waals surface area contributed by atoms with Gasteiger partial charge in [0.2, 0.25) is 0 Å². The number of aromatic nitrogens is 3. The normalized spacial score (nSPS) is 11.4. The zero-order valence-corrected chi connectivity index (χ0v) is 28.0. The van der Waals surface area contributed by atoms with Crippen molar-refractivity contribution >= 4 is 21.5 Å². The van der Waals surface area contributed by atoms with Crippen LogP contribution in [0.15, 0.2) is 116 Å². The molecule has 2 aromatic heterocycles. The Morgan fingerprint density at radius 1 is 0.689 bits per heavy atom. The van der Waals surface area contributed by atoms with Crippen molar-refractivity contribution in [3.63, 3.8) is 0 Å². The summed E-state index contributed by atoms with van der Waals surface area (Å²) < 4.78 is 2.17. The molecule has 0 fully saturated rings. The van der Waals surface area contributed by atoms with Gasteiger partial charge in [0.25, 0.3) is 0 Å². The van der Waals surface area contributed by atoms with Gasteiger partial charge in [0.15, 0.2) is 0 Å². The van der Waals surface area contributed by atoms with E-state index in [4.69, 9.17) is 9.97 Å². The van der Waals surface area contributed by atoms with Crippen LogP contribution in [-0.4, -0.2) is 19.6 Å². The summed E-state index contributed by atoms with van der Waals surface area (Å²) in [6.07, 6.45) is 4.04. The number of benzene rings is 5. The first-order chi connectivity index (χ1) is 21.4. The van der Waals surface area contributed by atoms with E-state index >= 15 is 0 Å². The van der Waals surface area contributed by atoms with Crippen LogP contribution in [0.2, 0.25) is 0 Å². The molecule has 0 saturated heterocycles. The smallest absolute Gasteiger partial charge is 0.140 e. The van der Waals surface area contributed by atoms with Crippen LogP contribution in [0.3, 0.4) is 0 Å². The van der Waals surface area contributed by atoms with Gasteiger partial charge in [-0.3, -0.25) is 9.97 Å². The number of nitrogens with zero attached hydrogens (tertiary/aromatic N) is 3. The number of phenolic OH excluding ortho intramolecular Hbond substituents is 1. The fourth-order valence-corrected chi connectivity index (χ4v) is 6.13. The van der Waals surface area contributed by atoms with E-state index in [1.54, 1.807) is 6.07 Å². The SMILES string of the molecule is CC(C)c1cccc(C(C)C)c1-n1cc(-c2[c-]c(-c3cc4ccccc4cn3)c3ccccc3c2)nc1-c1ccccc1O.[Pt]. The maximum atomic E-state index is 11.0. The van der Waals surface area contributed by atoms with Gasteiger partial charge in [-0.15, -0.1) is 12.1 Å². The molecule has 0 radical (unpaired) electrons. The number of phenols is 1.